The molecule has 6 nitrogen and oxygen atoms in total. The third-order valence-electron chi connectivity index (χ3n) is 3.86. The van der Waals surface area contributed by atoms with Gasteiger partial charge in [0.25, 0.3) is 0 Å². The van der Waals surface area contributed by atoms with Crippen LogP contribution in [0.4, 0.5) is 11.4 Å². The molecule has 5 N–H and O–H groups in total. The first kappa shape index (κ1) is 15.5. The van der Waals surface area contributed by atoms with E-state index in [2.05, 4.69) is 10.3 Å². The van der Waals surface area contributed by atoms with Crippen LogP contribution in [0.3, 0.4) is 0 Å². The third-order valence-corrected chi connectivity index (χ3v) is 4.11. The zero-order valence-electron chi connectivity index (χ0n) is 12.8. The van der Waals surface area contributed by atoms with Crippen LogP contribution in [-0.4, -0.2) is 20.6 Å². The number of hydrogen-bond donors (Lipinski definition) is 3. The summed E-state index contributed by atoms with van der Waals surface area (Å²) in [6, 6.07) is 8.96. The van der Waals surface area contributed by atoms with E-state index in [0.717, 1.165) is 5.56 Å². The summed E-state index contributed by atoms with van der Waals surface area (Å²) in [6.45, 7) is 0. The SMILES string of the molecule is COc1cc2c(c(N)c1OC)C(N)(c1ccc(Cl)cc1)N=CN2. The minimum absolute atomic E-state index is 0.378. The average molecular weight is 333 g/mol. The monoisotopic (exact) mass is 332 g/mol. The van der Waals surface area contributed by atoms with Crippen molar-refractivity contribution >= 4 is 29.3 Å². The second-order valence-corrected chi connectivity index (χ2v) is 5.56. The van der Waals surface area contributed by atoms with Gasteiger partial charge in [-0.2, -0.15) is 0 Å². The number of nitrogens with one attached hydrogen (secondary N) is 1. The van der Waals surface area contributed by atoms with Crippen LogP contribution in [0.2, 0.25) is 5.02 Å². The van der Waals surface area contributed by atoms with E-state index < -0.39 is 5.66 Å². The summed E-state index contributed by atoms with van der Waals surface area (Å²) in [5.41, 5.74) is 14.2. The topological polar surface area (TPSA) is 94.9 Å². The largest absolute Gasteiger partial charge is 0.493 e. The molecule has 1 unspecified atom stereocenters. The number of nitrogens with zero attached hydrogens (tertiary/aromatic N) is 1. The lowest BCUT2D eigenvalue weighted by atomic mass is 9.88. The van der Waals surface area contributed by atoms with E-state index in [4.69, 9.17) is 32.5 Å². The molecule has 7 heteroatoms. The number of anilines is 2. The van der Waals surface area contributed by atoms with E-state index in [9.17, 15) is 0 Å². The molecule has 0 saturated heterocycles. The Bertz CT molecular complexity index is 777. The fourth-order valence-corrected chi connectivity index (χ4v) is 2.86. The van der Waals surface area contributed by atoms with Crippen molar-refractivity contribution < 1.29 is 9.47 Å². The molecule has 0 aliphatic carbocycles. The first-order chi connectivity index (χ1) is 11.0. The lowest BCUT2D eigenvalue weighted by Gasteiger charge is -2.33. The molecule has 1 atom stereocenters. The highest BCUT2D eigenvalue weighted by Crippen LogP contribution is 2.47. The Balaban J connectivity index is 2.26. The molecule has 23 heavy (non-hydrogen) atoms. The Labute approximate surface area is 139 Å². The fraction of sp³-hybridized carbons (Fsp3) is 0.188. The van der Waals surface area contributed by atoms with E-state index in [1.165, 1.54) is 7.11 Å². The third kappa shape index (κ3) is 2.36. The number of aliphatic imine (C=N–C) groups is 1. The highest BCUT2D eigenvalue weighted by Gasteiger charge is 2.37. The Morgan fingerprint density at radius 2 is 1.87 bits per heavy atom. The van der Waals surface area contributed by atoms with Gasteiger partial charge in [0.1, 0.15) is 0 Å². The summed E-state index contributed by atoms with van der Waals surface area (Å²) < 4.78 is 10.7. The Kier molecular flexibility index (Phi) is 3.79. The highest BCUT2D eigenvalue weighted by atomic mass is 35.5. The molecule has 0 aromatic heterocycles. The van der Waals surface area contributed by atoms with Gasteiger partial charge < -0.3 is 20.5 Å². The number of methoxy groups -OCH3 is 2. The molecule has 0 saturated carbocycles. The molecule has 2 aromatic carbocycles. The number of nitrogens with two attached hydrogens (primary N) is 2. The first-order valence-electron chi connectivity index (χ1n) is 6.91. The first-order valence-corrected chi connectivity index (χ1v) is 7.29. The van der Waals surface area contributed by atoms with Crippen molar-refractivity contribution in [3.05, 3.63) is 46.5 Å². The van der Waals surface area contributed by atoms with Crippen molar-refractivity contribution in [2.24, 2.45) is 10.7 Å². The van der Waals surface area contributed by atoms with Crippen LogP contribution in [0.1, 0.15) is 11.1 Å². The molecule has 0 amide bonds. The summed E-state index contributed by atoms with van der Waals surface area (Å²) in [7, 11) is 3.08. The van der Waals surface area contributed by atoms with Crippen LogP contribution < -0.4 is 26.3 Å². The van der Waals surface area contributed by atoms with Gasteiger partial charge in [-0.25, -0.2) is 4.99 Å². The van der Waals surface area contributed by atoms with Gasteiger partial charge in [-0.15, -0.1) is 0 Å². The molecule has 1 aliphatic heterocycles. The molecule has 120 valence electrons. The molecule has 2 aromatic rings. The summed E-state index contributed by atoms with van der Waals surface area (Å²) in [5.74, 6) is 0.943. The lowest BCUT2D eigenvalue weighted by molar-refractivity contribution is 0.355. The summed E-state index contributed by atoms with van der Waals surface area (Å²) in [5, 5.41) is 3.67. The lowest BCUT2D eigenvalue weighted by Crippen LogP contribution is -2.40. The van der Waals surface area contributed by atoms with Crippen LogP contribution in [0, 0.1) is 0 Å². The van der Waals surface area contributed by atoms with Gasteiger partial charge >= 0.3 is 0 Å². The van der Waals surface area contributed by atoms with Crippen molar-refractivity contribution in [2.75, 3.05) is 25.3 Å². The van der Waals surface area contributed by atoms with Crippen molar-refractivity contribution in [3.63, 3.8) is 0 Å². The second kappa shape index (κ2) is 5.64. The number of hydrogen-bond acceptors (Lipinski definition) is 6. The molecule has 0 fully saturated rings. The maximum atomic E-state index is 6.60. The molecule has 1 heterocycles. The maximum absolute atomic E-state index is 6.60. The minimum atomic E-state index is -1.14. The van der Waals surface area contributed by atoms with Crippen LogP contribution in [0.25, 0.3) is 0 Å². The summed E-state index contributed by atoms with van der Waals surface area (Å²) in [6.07, 6.45) is 1.54. The van der Waals surface area contributed by atoms with Gasteiger partial charge in [0.05, 0.1) is 31.9 Å². The van der Waals surface area contributed by atoms with Gasteiger partial charge in [0.2, 0.25) is 0 Å². The number of halogens is 1. The van der Waals surface area contributed by atoms with Crippen molar-refractivity contribution in [3.8, 4) is 11.5 Å². The van der Waals surface area contributed by atoms with Gasteiger partial charge in [-0.3, -0.25) is 5.73 Å². The number of rotatable bonds is 3. The smallest absolute Gasteiger partial charge is 0.184 e. The van der Waals surface area contributed by atoms with E-state index >= 15 is 0 Å². The Hall–Kier alpha value is -2.44. The Morgan fingerprint density at radius 3 is 2.48 bits per heavy atom. The summed E-state index contributed by atoms with van der Waals surface area (Å²) >= 11 is 5.96. The van der Waals surface area contributed by atoms with Crippen molar-refractivity contribution in [1.82, 2.24) is 0 Å². The van der Waals surface area contributed by atoms with E-state index in [0.29, 0.717) is 33.5 Å². The van der Waals surface area contributed by atoms with Gasteiger partial charge in [0.15, 0.2) is 17.2 Å². The fourth-order valence-electron chi connectivity index (χ4n) is 2.74. The molecular weight excluding hydrogens is 316 g/mol. The average Bonchev–Trinajstić information content (AvgIpc) is 2.55. The molecular formula is C16H17ClN4O2. The maximum Gasteiger partial charge on any atom is 0.184 e. The molecule has 3 rings (SSSR count). The van der Waals surface area contributed by atoms with Gasteiger partial charge in [0, 0.05) is 16.7 Å². The standard InChI is InChI=1S/C16H17ClN4O2/c1-22-12-7-11-13(14(18)15(12)23-2)16(19,21-8-20-11)9-3-5-10(17)6-4-9/h3-8H,18-19H2,1-2H3,(H,20,21). The van der Waals surface area contributed by atoms with Crippen molar-refractivity contribution in [1.29, 1.82) is 0 Å². The Morgan fingerprint density at radius 1 is 1.17 bits per heavy atom. The predicted octanol–water partition coefficient (Wildman–Crippen LogP) is 2.55. The predicted molar refractivity (Wildman–Crippen MR) is 92.5 cm³/mol. The quantitative estimate of drug-likeness (QED) is 0.751. The van der Waals surface area contributed by atoms with Gasteiger partial charge in [-0.05, 0) is 17.7 Å². The number of fused-ring (bicyclic) bond motifs is 1. The molecule has 0 radical (unpaired) electrons. The second-order valence-electron chi connectivity index (χ2n) is 5.12. The molecule has 0 bridgehead atoms. The minimum Gasteiger partial charge on any atom is -0.493 e. The van der Waals surface area contributed by atoms with Crippen LogP contribution in [-0.2, 0) is 5.66 Å². The van der Waals surface area contributed by atoms with Crippen LogP contribution in [0.5, 0.6) is 11.5 Å². The van der Waals surface area contributed by atoms with Crippen LogP contribution >= 0.6 is 11.6 Å². The zero-order chi connectivity index (χ0) is 16.6. The molecule has 1 aliphatic rings. The van der Waals surface area contributed by atoms with E-state index in [-0.39, 0.29) is 0 Å². The number of benzene rings is 2. The highest BCUT2D eigenvalue weighted by molar-refractivity contribution is 6.30. The van der Waals surface area contributed by atoms with Gasteiger partial charge in [-0.1, -0.05) is 23.7 Å². The zero-order valence-corrected chi connectivity index (χ0v) is 13.5. The van der Waals surface area contributed by atoms with E-state index in [1.807, 2.05) is 12.1 Å². The number of ether oxygens (including phenoxy) is 2. The normalized spacial score (nSPS) is 19.0. The molecule has 0 spiro atoms. The summed E-state index contributed by atoms with van der Waals surface area (Å²) in [4.78, 5) is 4.42. The van der Waals surface area contributed by atoms with Crippen molar-refractivity contribution in [2.45, 2.75) is 5.66 Å². The number of nitrogen functional groups attached to an aromatic ring is 1. The van der Waals surface area contributed by atoms with Crippen LogP contribution in [0.15, 0.2) is 35.3 Å². The van der Waals surface area contributed by atoms with E-state index in [1.54, 1.807) is 31.6 Å².